The van der Waals surface area contributed by atoms with Gasteiger partial charge in [-0.25, -0.2) is 0 Å². The molecule has 81 heavy (non-hydrogen) atoms. The molecule has 0 aliphatic heterocycles. The van der Waals surface area contributed by atoms with Gasteiger partial charge in [0.2, 0.25) is 5.91 Å². The van der Waals surface area contributed by atoms with E-state index in [2.05, 4.69) is 31.3 Å². The molecule has 0 aromatic heterocycles. The first-order valence-corrected chi connectivity index (χ1v) is 37.7. The number of hydrogen-bond acceptors (Lipinski definition) is 6. The number of unbranched alkanes of at least 4 members (excludes halogenated alkanes) is 53. The van der Waals surface area contributed by atoms with E-state index in [-0.39, 0.29) is 19.1 Å². The number of aliphatic hydroxyl groups is 1. The Morgan fingerprint density at radius 2 is 0.679 bits per heavy atom. The third-order valence-electron chi connectivity index (χ3n) is 16.9. The monoisotopic (exact) mass is 1160 g/mol. The zero-order valence-corrected chi connectivity index (χ0v) is 56.2. The number of phosphoric ester groups is 1. The van der Waals surface area contributed by atoms with Crippen molar-refractivity contribution in [2.24, 2.45) is 0 Å². The molecule has 9 heteroatoms. The predicted molar refractivity (Wildman–Crippen MR) is 353 cm³/mol. The summed E-state index contributed by atoms with van der Waals surface area (Å²) in [5, 5.41) is 14.0. The second kappa shape index (κ2) is 63.5. The minimum absolute atomic E-state index is 0.00170. The standard InChI is InChI=1S/C72H143N2O6P/c1-6-8-10-12-14-16-18-20-22-24-26-28-29-30-31-32-33-34-35-36-37-38-39-40-41-42-43-44-45-46-48-50-52-54-56-58-60-62-64-66-72(76)73-70(69-80-81(77,78)79-68-67-74(3,4)5)71(75)65-63-61-59-57-55-53-51-49-47-27-25-23-21-19-17-15-13-11-9-7-2/h36-37,63,65,70-71,75H,6-35,38-62,64,66-69H2,1-5H3,(H-,73,76,77,78)/b37-36-,65-63+. The second-order valence-corrected chi connectivity index (χ2v) is 27.7. The van der Waals surface area contributed by atoms with Crippen LogP contribution in [0.3, 0.4) is 0 Å². The average molecular weight is 1160 g/mol. The fourth-order valence-corrected chi connectivity index (χ4v) is 12.0. The van der Waals surface area contributed by atoms with E-state index >= 15 is 0 Å². The number of likely N-dealkylation sites (N-methyl/N-ethyl adjacent to an activating group) is 1. The fourth-order valence-electron chi connectivity index (χ4n) is 11.3. The summed E-state index contributed by atoms with van der Waals surface area (Å²) in [4.78, 5) is 25.6. The smallest absolute Gasteiger partial charge is 0.268 e. The molecule has 0 aliphatic rings. The maximum atomic E-state index is 13.0. The molecule has 0 aromatic rings. The first-order chi connectivity index (χ1) is 39.5. The summed E-state index contributed by atoms with van der Waals surface area (Å²) in [5.74, 6) is -0.189. The third-order valence-corrected chi connectivity index (χ3v) is 17.9. The number of allylic oxidation sites excluding steroid dienone is 3. The molecule has 3 unspecified atom stereocenters. The second-order valence-electron chi connectivity index (χ2n) is 26.3. The molecule has 0 saturated heterocycles. The number of nitrogens with one attached hydrogen (secondary N) is 1. The highest BCUT2D eigenvalue weighted by molar-refractivity contribution is 7.45. The van der Waals surface area contributed by atoms with Crippen LogP contribution in [0.2, 0.25) is 0 Å². The van der Waals surface area contributed by atoms with Crippen molar-refractivity contribution < 1.29 is 32.9 Å². The molecule has 0 spiro atoms. The average Bonchev–Trinajstić information content (AvgIpc) is 3.43. The molecule has 2 N–H and O–H groups in total. The van der Waals surface area contributed by atoms with Crippen molar-refractivity contribution in [3.63, 3.8) is 0 Å². The molecule has 0 saturated carbocycles. The summed E-state index contributed by atoms with van der Waals surface area (Å²) in [6, 6.07) is -0.885. The maximum Gasteiger partial charge on any atom is 0.268 e. The summed E-state index contributed by atoms with van der Waals surface area (Å²) in [5.41, 5.74) is 0. The van der Waals surface area contributed by atoms with Gasteiger partial charge in [-0.1, -0.05) is 353 Å². The van der Waals surface area contributed by atoms with Crippen LogP contribution in [0.15, 0.2) is 24.3 Å². The van der Waals surface area contributed by atoms with E-state index in [0.29, 0.717) is 17.4 Å². The molecule has 0 aliphatic carbocycles. The summed E-state index contributed by atoms with van der Waals surface area (Å²) in [7, 11) is 1.28. The highest BCUT2D eigenvalue weighted by Crippen LogP contribution is 2.38. The van der Waals surface area contributed by atoms with Crippen LogP contribution >= 0.6 is 7.82 Å². The van der Waals surface area contributed by atoms with Gasteiger partial charge in [0.1, 0.15) is 13.2 Å². The highest BCUT2D eigenvalue weighted by Gasteiger charge is 2.23. The Kier molecular flexibility index (Phi) is 62.7. The zero-order chi connectivity index (χ0) is 59.1. The van der Waals surface area contributed by atoms with Gasteiger partial charge in [-0.05, 0) is 44.9 Å². The lowest BCUT2D eigenvalue weighted by Crippen LogP contribution is -2.45. The Bertz CT molecular complexity index is 1370. The van der Waals surface area contributed by atoms with Crippen LogP contribution in [0.25, 0.3) is 0 Å². The van der Waals surface area contributed by atoms with Gasteiger partial charge in [-0.3, -0.25) is 9.36 Å². The molecule has 8 nitrogen and oxygen atoms in total. The molecular weight excluding hydrogens is 1020 g/mol. The Balaban J connectivity index is 3.92. The van der Waals surface area contributed by atoms with Crippen LogP contribution in [-0.4, -0.2) is 68.5 Å². The van der Waals surface area contributed by atoms with E-state index in [1.54, 1.807) is 6.08 Å². The minimum atomic E-state index is -4.60. The van der Waals surface area contributed by atoms with E-state index in [4.69, 9.17) is 9.05 Å². The number of carbonyl (C=O) groups excluding carboxylic acids is 1. The SMILES string of the molecule is CCCCCCCCCCCCCCCCCCCC/C=C\CCCCCCCCCCCCCCCCCCCC(=O)NC(COP(=O)([O-])OCC[N+](C)(C)C)C(O)/C=C/CCCCCCCCCCCCCCCCCCCC. The van der Waals surface area contributed by atoms with Gasteiger partial charge in [0.15, 0.2) is 0 Å². The number of hydrogen-bond donors (Lipinski definition) is 2. The maximum absolute atomic E-state index is 13.0. The van der Waals surface area contributed by atoms with E-state index in [9.17, 15) is 19.4 Å². The molecule has 0 bridgehead atoms. The number of aliphatic hydroxyl groups excluding tert-OH is 1. The fraction of sp³-hybridized carbons (Fsp3) is 0.931. The van der Waals surface area contributed by atoms with Crippen molar-refractivity contribution in [3.05, 3.63) is 24.3 Å². The summed E-state index contributed by atoms with van der Waals surface area (Å²) < 4.78 is 23.4. The lowest BCUT2D eigenvalue weighted by molar-refractivity contribution is -0.870. The Labute approximate surface area is 506 Å². The summed E-state index contributed by atoms with van der Waals surface area (Å²) in [6.45, 7) is 4.71. The van der Waals surface area contributed by atoms with Crippen LogP contribution in [0.5, 0.6) is 0 Å². The molecule has 0 rings (SSSR count). The van der Waals surface area contributed by atoms with Gasteiger partial charge < -0.3 is 28.8 Å². The number of phosphoric acid groups is 1. The molecule has 482 valence electrons. The predicted octanol–water partition coefficient (Wildman–Crippen LogP) is 22.4. The Hall–Kier alpha value is -1.02. The molecule has 3 atom stereocenters. The van der Waals surface area contributed by atoms with Gasteiger partial charge in [0, 0.05) is 6.42 Å². The number of quaternary nitrogens is 1. The topological polar surface area (TPSA) is 108 Å². The van der Waals surface area contributed by atoms with Crippen molar-refractivity contribution in [2.75, 3.05) is 40.9 Å². The van der Waals surface area contributed by atoms with E-state index in [1.807, 2.05) is 27.2 Å². The zero-order valence-electron chi connectivity index (χ0n) is 55.3. The number of carbonyl (C=O) groups is 1. The van der Waals surface area contributed by atoms with Gasteiger partial charge >= 0.3 is 0 Å². The van der Waals surface area contributed by atoms with Crippen molar-refractivity contribution in [2.45, 2.75) is 392 Å². The van der Waals surface area contributed by atoms with Crippen LogP contribution in [-0.2, 0) is 18.4 Å². The van der Waals surface area contributed by atoms with Crippen LogP contribution in [0.4, 0.5) is 0 Å². The van der Waals surface area contributed by atoms with Crippen molar-refractivity contribution in [1.82, 2.24) is 5.32 Å². The number of rotatable bonds is 68. The molecule has 0 heterocycles. The first kappa shape index (κ1) is 80.0. The van der Waals surface area contributed by atoms with Gasteiger partial charge in [-0.15, -0.1) is 0 Å². The van der Waals surface area contributed by atoms with Crippen molar-refractivity contribution in [1.29, 1.82) is 0 Å². The largest absolute Gasteiger partial charge is 0.756 e. The highest BCUT2D eigenvalue weighted by atomic mass is 31.2. The van der Waals surface area contributed by atoms with Gasteiger partial charge in [-0.2, -0.15) is 0 Å². The van der Waals surface area contributed by atoms with Crippen molar-refractivity contribution in [3.8, 4) is 0 Å². The van der Waals surface area contributed by atoms with Crippen molar-refractivity contribution >= 4 is 13.7 Å². The number of amides is 1. The van der Waals surface area contributed by atoms with Crippen LogP contribution in [0.1, 0.15) is 380 Å². The normalized spacial score (nSPS) is 13.7. The van der Waals surface area contributed by atoms with E-state index in [1.165, 1.54) is 321 Å². The lowest BCUT2D eigenvalue weighted by Gasteiger charge is -2.29. The quantitative estimate of drug-likeness (QED) is 0.0272. The van der Waals surface area contributed by atoms with E-state index in [0.717, 1.165) is 38.5 Å². The number of nitrogens with zero attached hydrogens (tertiary/aromatic N) is 1. The van der Waals surface area contributed by atoms with E-state index < -0.39 is 20.0 Å². The summed E-state index contributed by atoms with van der Waals surface area (Å²) >= 11 is 0. The molecule has 0 fully saturated rings. The molecule has 1 amide bonds. The van der Waals surface area contributed by atoms with Gasteiger partial charge in [0.05, 0.1) is 39.9 Å². The molecule has 0 aromatic carbocycles. The first-order valence-electron chi connectivity index (χ1n) is 36.2. The van der Waals surface area contributed by atoms with Gasteiger partial charge in [0.25, 0.3) is 7.82 Å². The molecular formula is C72H143N2O6P. The molecule has 0 radical (unpaired) electrons. The summed E-state index contributed by atoms with van der Waals surface area (Å²) in [6.07, 6.45) is 83.2. The lowest BCUT2D eigenvalue weighted by atomic mass is 10.0. The Morgan fingerprint density at radius 3 is 0.963 bits per heavy atom. The minimum Gasteiger partial charge on any atom is -0.756 e. The van der Waals surface area contributed by atoms with Crippen LogP contribution in [0, 0.1) is 0 Å². The van der Waals surface area contributed by atoms with Crippen LogP contribution < -0.4 is 10.2 Å². The Morgan fingerprint density at radius 1 is 0.420 bits per heavy atom. The third kappa shape index (κ3) is 66.4.